The fourth-order valence-electron chi connectivity index (χ4n) is 4.45. The molecule has 0 atom stereocenters. The van der Waals surface area contributed by atoms with E-state index in [2.05, 4.69) is 30.2 Å². The van der Waals surface area contributed by atoms with Crippen LogP contribution in [0.15, 0.2) is 41.9 Å². The SMILES string of the molecule is C1CCCCC1.C=CC(=O)OCCN=C=O.CCCCCCCCOC(=O)c1ccccc1C(=O)OCCCCCCCC. The van der Waals surface area contributed by atoms with Crippen molar-refractivity contribution in [2.75, 3.05) is 26.4 Å². The van der Waals surface area contributed by atoms with Gasteiger partial charge in [0.15, 0.2) is 0 Å². The Hall–Kier alpha value is -3.25. The molecular formula is C36H57NO7. The van der Waals surface area contributed by atoms with E-state index in [-0.39, 0.29) is 13.2 Å². The molecule has 8 heteroatoms. The van der Waals surface area contributed by atoms with Gasteiger partial charge in [-0.15, -0.1) is 0 Å². The van der Waals surface area contributed by atoms with Gasteiger partial charge in [0.1, 0.15) is 6.61 Å². The van der Waals surface area contributed by atoms with Crippen LogP contribution in [-0.2, 0) is 23.8 Å². The van der Waals surface area contributed by atoms with E-state index >= 15 is 0 Å². The fraction of sp³-hybridized carbons (Fsp3) is 0.667. The van der Waals surface area contributed by atoms with Crippen LogP contribution in [0.2, 0.25) is 0 Å². The Morgan fingerprint density at radius 1 is 0.682 bits per heavy atom. The molecule has 0 heterocycles. The molecule has 1 fully saturated rings. The molecule has 0 N–H and O–H groups in total. The van der Waals surface area contributed by atoms with Crippen molar-refractivity contribution in [1.82, 2.24) is 0 Å². The number of ether oxygens (including phenoxy) is 3. The zero-order chi connectivity index (χ0) is 32.5. The summed E-state index contributed by atoms with van der Waals surface area (Å²) >= 11 is 0. The Bertz CT molecular complexity index is 876. The molecule has 0 unspecified atom stereocenters. The topological polar surface area (TPSA) is 108 Å². The van der Waals surface area contributed by atoms with E-state index < -0.39 is 17.9 Å². The standard InChI is InChI=1S/C24H38O4.C6H7NO3.C6H12/c1-3-5-7-9-11-15-19-27-23(25)21-17-13-14-18-22(21)24(26)28-20-16-12-10-8-6-4-2;1-2-6(9)10-4-3-7-5-8;1-2-4-6-5-3-1/h13-14,17-18H,3-12,15-16,19-20H2,1-2H3;2H,1,3-4H2;1-6H2. The van der Waals surface area contributed by atoms with Crippen molar-refractivity contribution in [3.63, 3.8) is 0 Å². The average Bonchev–Trinajstić information content (AvgIpc) is 3.07. The molecule has 8 nitrogen and oxygen atoms in total. The normalized spacial score (nSPS) is 11.8. The molecule has 248 valence electrons. The summed E-state index contributed by atoms with van der Waals surface area (Å²) in [5.74, 6) is -1.40. The highest BCUT2D eigenvalue weighted by Crippen LogP contribution is 2.15. The second kappa shape index (κ2) is 31.2. The van der Waals surface area contributed by atoms with Crippen molar-refractivity contribution in [3.05, 3.63) is 48.0 Å². The van der Waals surface area contributed by atoms with Gasteiger partial charge < -0.3 is 14.2 Å². The Labute approximate surface area is 266 Å². The highest BCUT2D eigenvalue weighted by Gasteiger charge is 2.18. The molecule has 1 aliphatic rings. The average molecular weight is 616 g/mol. The molecule has 1 aliphatic carbocycles. The Kier molecular flexibility index (Phi) is 28.9. The first-order chi connectivity index (χ1) is 21.5. The van der Waals surface area contributed by atoms with Gasteiger partial charge in [0.25, 0.3) is 0 Å². The van der Waals surface area contributed by atoms with Crippen LogP contribution < -0.4 is 0 Å². The van der Waals surface area contributed by atoms with Crippen LogP contribution in [0.3, 0.4) is 0 Å². The summed E-state index contributed by atoms with van der Waals surface area (Å²) in [5, 5.41) is 0. The smallest absolute Gasteiger partial charge is 0.339 e. The second-order valence-electron chi connectivity index (χ2n) is 10.8. The van der Waals surface area contributed by atoms with E-state index in [4.69, 9.17) is 9.47 Å². The minimum atomic E-state index is -0.513. The molecule has 0 aliphatic heterocycles. The molecule has 1 aromatic carbocycles. The van der Waals surface area contributed by atoms with Gasteiger partial charge in [-0.05, 0) is 25.0 Å². The first kappa shape index (κ1) is 40.8. The highest BCUT2D eigenvalue weighted by molar-refractivity contribution is 6.03. The summed E-state index contributed by atoms with van der Waals surface area (Å²) in [4.78, 5) is 47.6. The number of carbonyl (C=O) groups is 3. The van der Waals surface area contributed by atoms with Crippen LogP contribution in [0.5, 0.6) is 0 Å². The number of benzene rings is 1. The van der Waals surface area contributed by atoms with E-state index in [1.54, 1.807) is 24.3 Å². The highest BCUT2D eigenvalue weighted by atomic mass is 16.5. The third-order valence-electron chi connectivity index (χ3n) is 7.01. The number of hydrogen-bond acceptors (Lipinski definition) is 8. The predicted octanol–water partition coefficient (Wildman–Crippen LogP) is 9.11. The second-order valence-corrected chi connectivity index (χ2v) is 10.8. The molecular weight excluding hydrogens is 558 g/mol. The van der Waals surface area contributed by atoms with Gasteiger partial charge in [0.05, 0.1) is 30.9 Å². The van der Waals surface area contributed by atoms with Gasteiger partial charge in [-0.25, -0.2) is 24.2 Å². The number of nitrogens with zero attached hydrogens (tertiary/aromatic N) is 1. The monoisotopic (exact) mass is 615 g/mol. The zero-order valence-electron chi connectivity index (χ0n) is 27.5. The molecule has 0 spiro atoms. The maximum Gasteiger partial charge on any atom is 0.339 e. The largest absolute Gasteiger partial charge is 0.462 e. The summed E-state index contributed by atoms with van der Waals surface area (Å²) in [6.07, 6.45) is 25.0. The van der Waals surface area contributed by atoms with Crippen molar-refractivity contribution in [1.29, 1.82) is 0 Å². The molecule has 0 aromatic heterocycles. The third kappa shape index (κ3) is 24.2. The maximum absolute atomic E-state index is 12.4. The van der Waals surface area contributed by atoms with Crippen LogP contribution in [-0.4, -0.2) is 50.4 Å². The summed E-state index contributed by atoms with van der Waals surface area (Å²) < 4.78 is 15.2. The van der Waals surface area contributed by atoms with Crippen LogP contribution in [0, 0.1) is 0 Å². The predicted molar refractivity (Wildman–Crippen MR) is 176 cm³/mol. The van der Waals surface area contributed by atoms with Crippen molar-refractivity contribution in [2.45, 2.75) is 129 Å². The zero-order valence-corrected chi connectivity index (χ0v) is 27.5. The van der Waals surface area contributed by atoms with Gasteiger partial charge in [0.2, 0.25) is 6.08 Å². The lowest BCUT2D eigenvalue weighted by Gasteiger charge is -2.10. The van der Waals surface area contributed by atoms with Gasteiger partial charge in [0, 0.05) is 6.08 Å². The van der Waals surface area contributed by atoms with Crippen LogP contribution in [0.1, 0.15) is 150 Å². The van der Waals surface area contributed by atoms with E-state index in [1.807, 2.05) is 0 Å². The summed E-state index contributed by atoms with van der Waals surface area (Å²) in [6.45, 7) is 8.60. The molecule has 0 radical (unpaired) electrons. The van der Waals surface area contributed by atoms with E-state index in [9.17, 15) is 19.2 Å². The Morgan fingerprint density at radius 2 is 1.09 bits per heavy atom. The van der Waals surface area contributed by atoms with Crippen molar-refractivity contribution in [3.8, 4) is 0 Å². The number of rotatable bonds is 20. The molecule has 44 heavy (non-hydrogen) atoms. The summed E-state index contributed by atoms with van der Waals surface area (Å²) in [7, 11) is 0. The minimum Gasteiger partial charge on any atom is -0.462 e. The lowest BCUT2D eigenvalue weighted by atomic mass is 10.0. The van der Waals surface area contributed by atoms with Crippen molar-refractivity contribution < 1.29 is 33.4 Å². The lowest BCUT2D eigenvalue weighted by molar-refractivity contribution is -0.137. The Morgan fingerprint density at radius 3 is 1.48 bits per heavy atom. The molecule has 0 amide bonds. The quantitative estimate of drug-likeness (QED) is 0.0359. The minimum absolute atomic E-state index is 0.0973. The van der Waals surface area contributed by atoms with Crippen LogP contribution in [0.25, 0.3) is 0 Å². The number of isocyanates is 1. The number of aliphatic imine (C=N–C) groups is 1. The molecule has 2 rings (SSSR count). The molecule has 0 saturated heterocycles. The van der Waals surface area contributed by atoms with E-state index in [1.165, 1.54) is 96.0 Å². The van der Waals surface area contributed by atoms with E-state index in [0.717, 1.165) is 31.8 Å². The first-order valence-electron chi connectivity index (χ1n) is 16.8. The third-order valence-corrected chi connectivity index (χ3v) is 7.01. The summed E-state index contributed by atoms with van der Waals surface area (Å²) in [5.41, 5.74) is 0.586. The Balaban J connectivity index is 0.000000934. The molecule has 1 aromatic rings. The maximum atomic E-state index is 12.4. The van der Waals surface area contributed by atoms with Crippen molar-refractivity contribution in [2.24, 2.45) is 4.99 Å². The molecule has 1 saturated carbocycles. The van der Waals surface area contributed by atoms with Gasteiger partial charge >= 0.3 is 17.9 Å². The number of carbonyl (C=O) groups excluding carboxylic acids is 4. The van der Waals surface area contributed by atoms with Crippen LogP contribution in [0.4, 0.5) is 0 Å². The van der Waals surface area contributed by atoms with Gasteiger partial charge in [-0.3, -0.25) is 0 Å². The van der Waals surface area contributed by atoms with Crippen molar-refractivity contribution >= 4 is 24.0 Å². The van der Waals surface area contributed by atoms with E-state index in [0.29, 0.717) is 24.3 Å². The first-order valence-corrected chi connectivity index (χ1v) is 16.8. The fourth-order valence-corrected chi connectivity index (χ4v) is 4.45. The number of unbranched alkanes of at least 4 members (excludes halogenated alkanes) is 10. The van der Waals surface area contributed by atoms with Gasteiger partial charge in [-0.2, -0.15) is 0 Å². The summed E-state index contributed by atoms with van der Waals surface area (Å²) in [6, 6.07) is 6.74. The molecule has 0 bridgehead atoms. The number of hydrogen-bond donors (Lipinski definition) is 0. The van der Waals surface area contributed by atoms with Crippen LogP contribution >= 0.6 is 0 Å². The lowest BCUT2D eigenvalue weighted by Crippen LogP contribution is -2.15. The van der Waals surface area contributed by atoms with Gasteiger partial charge in [-0.1, -0.05) is 135 Å². The number of esters is 3.